The number of esters is 1. The standard InChI is InChI=1S/C22H22N2O4/c1-14-10-11-15(28-14)12-24(2)20(25)13-27-22(26)21-16-6-3-4-8-18(16)23-19-9-5-7-17(19)21/h3-4,6,8,10-11H,5,7,9,12-13H2,1-2H3. The van der Waals surface area contributed by atoms with Crippen molar-refractivity contribution in [3.63, 3.8) is 0 Å². The Morgan fingerprint density at radius 3 is 2.79 bits per heavy atom. The van der Waals surface area contributed by atoms with E-state index in [-0.39, 0.29) is 12.5 Å². The van der Waals surface area contributed by atoms with Gasteiger partial charge in [0.1, 0.15) is 11.5 Å². The monoisotopic (exact) mass is 378 g/mol. The number of rotatable bonds is 5. The number of likely N-dealkylation sites (N-methyl/N-ethyl adjacent to an activating group) is 1. The third-order valence-corrected chi connectivity index (χ3v) is 5.06. The first-order valence-electron chi connectivity index (χ1n) is 9.40. The molecule has 0 spiro atoms. The van der Waals surface area contributed by atoms with Crippen molar-refractivity contribution >= 4 is 22.8 Å². The first-order valence-corrected chi connectivity index (χ1v) is 9.40. The van der Waals surface area contributed by atoms with E-state index in [1.165, 1.54) is 4.90 Å². The fourth-order valence-electron chi connectivity index (χ4n) is 3.65. The van der Waals surface area contributed by atoms with Crippen molar-refractivity contribution in [2.24, 2.45) is 0 Å². The molecule has 0 bridgehead atoms. The summed E-state index contributed by atoms with van der Waals surface area (Å²) in [6.07, 6.45) is 2.65. The van der Waals surface area contributed by atoms with Gasteiger partial charge in [0.05, 0.1) is 17.6 Å². The number of amides is 1. The Kier molecular flexibility index (Phi) is 4.86. The minimum absolute atomic E-state index is 0.280. The number of fused-ring (bicyclic) bond motifs is 2. The van der Waals surface area contributed by atoms with Crippen molar-refractivity contribution in [3.8, 4) is 0 Å². The number of hydrogen-bond donors (Lipinski definition) is 0. The van der Waals surface area contributed by atoms with E-state index in [4.69, 9.17) is 9.15 Å². The summed E-state index contributed by atoms with van der Waals surface area (Å²) in [4.78, 5) is 31.4. The lowest BCUT2D eigenvalue weighted by Gasteiger charge is -2.16. The van der Waals surface area contributed by atoms with Crippen molar-refractivity contribution in [2.75, 3.05) is 13.7 Å². The molecule has 1 aliphatic rings. The predicted octanol–water partition coefficient (Wildman–Crippen LogP) is 3.44. The minimum atomic E-state index is -0.465. The van der Waals surface area contributed by atoms with Crippen molar-refractivity contribution < 1.29 is 18.7 Å². The smallest absolute Gasteiger partial charge is 0.339 e. The number of furan rings is 1. The predicted molar refractivity (Wildman–Crippen MR) is 104 cm³/mol. The van der Waals surface area contributed by atoms with Crippen molar-refractivity contribution in [1.29, 1.82) is 0 Å². The molecule has 1 amide bonds. The van der Waals surface area contributed by atoms with Gasteiger partial charge in [-0.3, -0.25) is 9.78 Å². The normalized spacial score (nSPS) is 12.8. The molecule has 2 aromatic heterocycles. The number of carbonyl (C=O) groups excluding carboxylic acids is 2. The number of ether oxygens (including phenoxy) is 1. The molecule has 144 valence electrons. The molecular formula is C22H22N2O4. The maximum Gasteiger partial charge on any atom is 0.339 e. The van der Waals surface area contributed by atoms with E-state index >= 15 is 0 Å². The van der Waals surface area contributed by atoms with E-state index < -0.39 is 5.97 Å². The van der Waals surface area contributed by atoms with E-state index in [0.29, 0.717) is 17.9 Å². The largest absolute Gasteiger partial charge is 0.464 e. The lowest BCUT2D eigenvalue weighted by Crippen LogP contribution is -2.30. The van der Waals surface area contributed by atoms with Gasteiger partial charge in [0.25, 0.3) is 5.91 Å². The van der Waals surface area contributed by atoms with E-state index in [1.54, 1.807) is 7.05 Å². The molecule has 0 fully saturated rings. The van der Waals surface area contributed by atoms with Crippen LogP contribution in [0.25, 0.3) is 10.9 Å². The lowest BCUT2D eigenvalue weighted by molar-refractivity contribution is -0.134. The van der Waals surface area contributed by atoms with Crippen LogP contribution in [0, 0.1) is 6.92 Å². The molecule has 2 heterocycles. The number of benzene rings is 1. The second kappa shape index (κ2) is 7.46. The molecule has 0 unspecified atom stereocenters. The van der Waals surface area contributed by atoms with E-state index in [2.05, 4.69) is 4.98 Å². The van der Waals surface area contributed by atoms with Crippen LogP contribution >= 0.6 is 0 Å². The highest BCUT2D eigenvalue weighted by Crippen LogP contribution is 2.30. The average molecular weight is 378 g/mol. The van der Waals surface area contributed by atoms with Gasteiger partial charge in [-0.2, -0.15) is 0 Å². The molecule has 28 heavy (non-hydrogen) atoms. The zero-order valence-electron chi connectivity index (χ0n) is 16.0. The summed E-state index contributed by atoms with van der Waals surface area (Å²) in [5.41, 5.74) is 3.25. The van der Waals surface area contributed by atoms with Crippen molar-refractivity contribution in [1.82, 2.24) is 9.88 Å². The van der Waals surface area contributed by atoms with E-state index in [9.17, 15) is 9.59 Å². The van der Waals surface area contributed by atoms with E-state index in [0.717, 1.165) is 47.2 Å². The van der Waals surface area contributed by atoms with Crippen LogP contribution in [0.1, 0.15) is 39.6 Å². The van der Waals surface area contributed by atoms with Gasteiger partial charge in [-0.15, -0.1) is 0 Å². The molecule has 4 rings (SSSR count). The molecule has 6 nitrogen and oxygen atoms in total. The summed E-state index contributed by atoms with van der Waals surface area (Å²) in [6.45, 7) is 1.88. The lowest BCUT2D eigenvalue weighted by atomic mass is 10.0. The molecule has 0 saturated carbocycles. The van der Waals surface area contributed by atoms with E-state index in [1.807, 2.05) is 43.3 Å². The molecular weight excluding hydrogens is 356 g/mol. The fraction of sp³-hybridized carbons (Fsp3) is 0.318. The van der Waals surface area contributed by atoms with Crippen molar-refractivity contribution in [3.05, 3.63) is 64.7 Å². The van der Waals surface area contributed by atoms with Crippen LogP contribution in [0.2, 0.25) is 0 Å². The number of nitrogens with zero attached hydrogens (tertiary/aromatic N) is 2. The van der Waals surface area contributed by atoms with Gasteiger partial charge in [-0.05, 0) is 49.9 Å². The number of carbonyl (C=O) groups is 2. The molecule has 6 heteroatoms. The molecule has 3 aromatic rings. The summed E-state index contributed by atoms with van der Waals surface area (Å²) in [5.74, 6) is 0.739. The second-order valence-electron chi connectivity index (χ2n) is 7.12. The third kappa shape index (κ3) is 3.50. The van der Waals surface area contributed by atoms with Crippen LogP contribution < -0.4 is 0 Å². The van der Waals surface area contributed by atoms with Gasteiger partial charge in [0, 0.05) is 18.1 Å². The number of para-hydroxylation sites is 1. The summed E-state index contributed by atoms with van der Waals surface area (Å²) in [7, 11) is 1.66. The molecule has 1 aromatic carbocycles. The van der Waals surface area contributed by atoms with Crippen LogP contribution in [0.15, 0.2) is 40.8 Å². The van der Waals surface area contributed by atoms with Crippen LogP contribution in [-0.2, 0) is 28.9 Å². The fourth-order valence-corrected chi connectivity index (χ4v) is 3.65. The summed E-state index contributed by atoms with van der Waals surface area (Å²) >= 11 is 0. The van der Waals surface area contributed by atoms with Crippen LogP contribution in [-0.4, -0.2) is 35.4 Å². The Bertz CT molecular complexity index is 1050. The maximum absolute atomic E-state index is 12.9. The van der Waals surface area contributed by atoms with Gasteiger partial charge in [-0.25, -0.2) is 4.79 Å². The average Bonchev–Trinajstić information content (AvgIpc) is 3.32. The Labute approximate surface area is 163 Å². The molecule has 0 saturated heterocycles. The van der Waals surface area contributed by atoms with Crippen LogP contribution in [0.3, 0.4) is 0 Å². The third-order valence-electron chi connectivity index (χ3n) is 5.06. The first-order chi connectivity index (χ1) is 13.5. The summed E-state index contributed by atoms with van der Waals surface area (Å²) in [6, 6.07) is 11.2. The van der Waals surface area contributed by atoms with Gasteiger partial charge in [0.15, 0.2) is 6.61 Å². The highest BCUT2D eigenvalue weighted by Gasteiger charge is 2.25. The number of aromatic nitrogens is 1. The number of pyridine rings is 1. The highest BCUT2D eigenvalue weighted by atomic mass is 16.5. The highest BCUT2D eigenvalue weighted by molar-refractivity contribution is 6.05. The maximum atomic E-state index is 12.9. The molecule has 1 aliphatic carbocycles. The summed E-state index contributed by atoms with van der Waals surface area (Å²) < 4.78 is 10.9. The second-order valence-corrected chi connectivity index (χ2v) is 7.12. The Balaban J connectivity index is 1.49. The molecule has 0 aliphatic heterocycles. The molecule has 0 atom stereocenters. The van der Waals surface area contributed by atoms with Gasteiger partial charge in [-0.1, -0.05) is 18.2 Å². The Morgan fingerprint density at radius 2 is 2.00 bits per heavy atom. The number of hydrogen-bond acceptors (Lipinski definition) is 5. The Morgan fingerprint density at radius 1 is 1.18 bits per heavy atom. The Hall–Kier alpha value is -3.15. The van der Waals surface area contributed by atoms with Gasteiger partial charge < -0.3 is 14.1 Å². The van der Waals surface area contributed by atoms with Gasteiger partial charge in [0.2, 0.25) is 0 Å². The van der Waals surface area contributed by atoms with Gasteiger partial charge >= 0.3 is 5.97 Å². The zero-order chi connectivity index (χ0) is 19.7. The quantitative estimate of drug-likeness (QED) is 0.636. The van der Waals surface area contributed by atoms with Crippen LogP contribution in [0.5, 0.6) is 0 Å². The number of aryl methyl sites for hydroxylation is 2. The first kappa shape index (κ1) is 18.2. The summed E-state index contributed by atoms with van der Waals surface area (Å²) in [5, 5.41) is 0.778. The topological polar surface area (TPSA) is 72.6 Å². The van der Waals surface area contributed by atoms with Crippen molar-refractivity contribution in [2.45, 2.75) is 32.7 Å². The molecule has 0 radical (unpaired) electrons. The zero-order valence-corrected chi connectivity index (χ0v) is 16.0. The minimum Gasteiger partial charge on any atom is -0.464 e. The van der Waals surface area contributed by atoms with Crippen LogP contribution in [0.4, 0.5) is 0 Å². The molecule has 0 N–H and O–H groups in total. The SMILES string of the molecule is Cc1ccc(CN(C)C(=O)COC(=O)c2c3c(nc4ccccc24)CCC3)o1.